The highest BCUT2D eigenvalue weighted by molar-refractivity contribution is 7.18. The molecule has 0 aliphatic rings. The number of aromatic nitrogens is 1. The lowest BCUT2D eigenvalue weighted by Crippen LogP contribution is -1.90. The van der Waals surface area contributed by atoms with E-state index in [-0.39, 0.29) is 0 Å². The summed E-state index contributed by atoms with van der Waals surface area (Å²) in [6, 6.07) is 13.4. The van der Waals surface area contributed by atoms with E-state index in [1.807, 2.05) is 24.3 Å². The maximum Gasteiger partial charge on any atom is 0.150 e. The predicted molar refractivity (Wildman–Crippen MR) is 79.3 cm³/mol. The first-order valence-corrected chi connectivity index (χ1v) is 7.04. The normalized spacial score (nSPS) is 10.8. The molecule has 2 aromatic carbocycles. The molecule has 94 valence electrons. The highest BCUT2D eigenvalue weighted by Gasteiger charge is 2.07. The number of fused-ring (bicyclic) bond motifs is 1. The molecule has 2 nitrogen and oxygen atoms in total. The molecule has 19 heavy (non-hydrogen) atoms. The van der Waals surface area contributed by atoms with Gasteiger partial charge < -0.3 is 0 Å². The van der Waals surface area contributed by atoms with Gasteiger partial charge in [-0.2, -0.15) is 0 Å². The molecular formula is C15H10ClNOS. The first-order valence-electron chi connectivity index (χ1n) is 5.84. The lowest BCUT2D eigenvalue weighted by molar-refractivity contribution is 0.112. The molecule has 0 bridgehead atoms. The Morgan fingerprint density at radius 3 is 2.79 bits per heavy atom. The first kappa shape index (κ1) is 12.3. The zero-order valence-corrected chi connectivity index (χ0v) is 11.5. The number of para-hydroxylation sites is 1. The Hall–Kier alpha value is -1.71. The van der Waals surface area contributed by atoms with Gasteiger partial charge in [-0.1, -0.05) is 35.9 Å². The van der Waals surface area contributed by atoms with Gasteiger partial charge in [0.1, 0.15) is 6.29 Å². The van der Waals surface area contributed by atoms with Gasteiger partial charge in [0.2, 0.25) is 0 Å². The number of carbonyl (C=O) groups is 1. The Morgan fingerprint density at radius 1 is 1.21 bits per heavy atom. The number of thiazole rings is 1. The molecule has 1 aromatic heterocycles. The molecule has 0 aliphatic heterocycles. The van der Waals surface area contributed by atoms with Crippen LogP contribution in [-0.4, -0.2) is 11.3 Å². The summed E-state index contributed by atoms with van der Waals surface area (Å²) in [5.41, 5.74) is 2.60. The van der Waals surface area contributed by atoms with Gasteiger partial charge >= 0.3 is 0 Å². The fourth-order valence-corrected chi connectivity index (χ4v) is 3.18. The second kappa shape index (κ2) is 5.11. The number of halogens is 1. The van der Waals surface area contributed by atoms with Gasteiger partial charge in [-0.15, -0.1) is 11.3 Å². The maximum absolute atomic E-state index is 10.7. The van der Waals surface area contributed by atoms with E-state index >= 15 is 0 Å². The summed E-state index contributed by atoms with van der Waals surface area (Å²) in [4.78, 5) is 15.3. The molecule has 0 atom stereocenters. The van der Waals surface area contributed by atoms with Crippen LogP contribution in [0.15, 0.2) is 42.5 Å². The molecule has 1 heterocycles. The lowest BCUT2D eigenvalue weighted by atomic mass is 10.1. The minimum Gasteiger partial charge on any atom is -0.298 e. The zero-order valence-electron chi connectivity index (χ0n) is 9.97. The molecular weight excluding hydrogens is 278 g/mol. The average Bonchev–Trinajstić information content (AvgIpc) is 2.83. The third-order valence-electron chi connectivity index (χ3n) is 2.89. The standard InChI is InChI=1S/C15H10ClNOS/c16-12-7-10(9-18)5-6-11(12)8-15-17-13-3-1-2-4-14(13)19-15/h1-7,9H,8H2. The first-order chi connectivity index (χ1) is 9.26. The maximum atomic E-state index is 10.7. The van der Waals surface area contributed by atoms with Gasteiger partial charge in [0.15, 0.2) is 0 Å². The van der Waals surface area contributed by atoms with E-state index in [0.29, 0.717) is 17.0 Å². The Bertz CT molecular complexity index is 718. The number of nitrogens with zero attached hydrogens (tertiary/aromatic N) is 1. The van der Waals surface area contributed by atoms with Crippen LogP contribution >= 0.6 is 22.9 Å². The van der Waals surface area contributed by atoms with E-state index in [1.165, 1.54) is 4.70 Å². The molecule has 4 heteroatoms. The van der Waals surface area contributed by atoms with Crippen molar-refractivity contribution in [2.24, 2.45) is 0 Å². The number of benzene rings is 2. The molecule has 0 aliphatic carbocycles. The summed E-state index contributed by atoms with van der Waals surface area (Å²) in [7, 11) is 0. The van der Waals surface area contributed by atoms with Gasteiger partial charge in [-0.3, -0.25) is 4.79 Å². The zero-order chi connectivity index (χ0) is 13.2. The van der Waals surface area contributed by atoms with E-state index in [2.05, 4.69) is 11.1 Å². The minimum absolute atomic E-state index is 0.595. The largest absolute Gasteiger partial charge is 0.298 e. The van der Waals surface area contributed by atoms with Crippen LogP contribution in [0.5, 0.6) is 0 Å². The molecule has 0 N–H and O–H groups in total. The van der Waals surface area contributed by atoms with Crippen LogP contribution in [0, 0.1) is 0 Å². The van der Waals surface area contributed by atoms with Crippen LogP contribution in [-0.2, 0) is 6.42 Å². The smallest absolute Gasteiger partial charge is 0.150 e. The second-order valence-electron chi connectivity index (χ2n) is 4.22. The number of hydrogen-bond donors (Lipinski definition) is 0. The van der Waals surface area contributed by atoms with E-state index in [4.69, 9.17) is 11.6 Å². The van der Waals surface area contributed by atoms with Crippen molar-refractivity contribution in [1.82, 2.24) is 4.98 Å². The van der Waals surface area contributed by atoms with Gasteiger partial charge in [-0.05, 0) is 23.8 Å². The number of carbonyl (C=O) groups excluding carboxylic acids is 1. The molecule has 3 aromatic rings. The lowest BCUT2D eigenvalue weighted by Gasteiger charge is -2.02. The van der Waals surface area contributed by atoms with E-state index in [1.54, 1.807) is 23.5 Å². The van der Waals surface area contributed by atoms with Crippen LogP contribution < -0.4 is 0 Å². The molecule has 0 unspecified atom stereocenters. The number of hydrogen-bond acceptors (Lipinski definition) is 3. The van der Waals surface area contributed by atoms with Crippen LogP contribution in [0.4, 0.5) is 0 Å². The third-order valence-corrected chi connectivity index (χ3v) is 4.28. The monoisotopic (exact) mass is 287 g/mol. The van der Waals surface area contributed by atoms with E-state index < -0.39 is 0 Å². The van der Waals surface area contributed by atoms with Gasteiger partial charge in [0, 0.05) is 17.0 Å². The summed E-state index contributed by atoms with van der Waals surface area (Å²) < 4.78 is 1.18. The molecule has 0 saturated heterocycles. The summed E-state index contributed by atoms with van der Waals surface area (Å²) in [6.45, 7) is 0. The molecule has 0 fully saturated rings. The highest BCUT2D eigenvalue weighted by Crippen LogP contribution is 2.26. The molecule has 0 amide bonds. The van der Waals surface area contributed by atoms with Crippen LogP contribution in [0.25, 0.3) is 10.2 Å². The Labute approximate surface area is 119 Å². The third kappa shape index (κ3) is 2.53. The van der Waals surface area contributed by atoms with E-state index in [0.717, 1.165) is 22.4 Å². The van der Waals surface area contributed by atoms with Crippen LogP contribution in [0.2, 0.25) is 5.02 Å². The Kier molecular flexibility index (Phi) is 3.32. The van der Waals surface area contributed by atoms with Gasteiger partial charge in [0.25, 0.3) is 0 Å². The summed E-state index contributed by atoms with van der Waals surface area (Å²) in [6.07, 6.45) is 1.49. The SMILES string of the molecule is O=Cc1ccc(Cc2nc3ccccc3s2)c(Cl)c1. The van der Waals surface area contributed by atoms with Crippen molar-refractivity contribution in [3.05, 3.63) is 63.6 Å². The topological polar surface area (TPSA) is 30.0 Å². The van der Waals surface area contributed by atoms with Crippen LogP contribution in [0.1, 0.15) is 20.9 Å². The second-order valence-corrected chi connectivity index (χ2v) is 5.74. The van der Waals surface area contributed by atoms with Crippen molar-refractivity contribution in [2.75, 3.05) is 0 Å². The predicted octanol–water partition coefficient (Wildman–Crippen LogP) is 4.35. The minimum atomic E-state index is 0.595. The van der Waals surface area contributed by atoms with Gasteiger partial charge in [0.05, 0.1) is 15.2 Å². The highest BCUT2D eigenvalue weighted by atomic mass is 35.5. The summed E-state index contributed by atoms with van der Waals surface area (Å²) in [5.74, 6) is 0. The Balaban J connectivity index is 1.94. The van der Waals surface area contributed by atoms with Crippen molar-refractivity contribution in [3.8, 4) is 0 Å². The van der Waals surface area contributed by atoms with Crippen molar-refractivity contribution < 1.29 is 4.79 Å². The number of aldehydes is 1. The quantitative estimate of drug-likeness (QED) is 0.670. The Morgan fingerprint density at radius 2 is 2.05 bits per heavy atom. The summed E-state index contributed by atoms with van der Waals surface area (Å²) in [5, 5.41) is 1.64. The van der Waals surface area contributed by atoms with Crippen molar-refractivity contribution >= 4 is 39.4 Å². The molecule has 0 radical (unpaired) electrons. The van der Waals surface area contributed by atoms with Crippen molar-refractivity contribution in [3.63, 3.8) is 0 Å². The van der Waals surface area contributed by atoms with Crippen molar-refractivity contribution in [1.29, 1.82) is 0 Å². The fraction of sp³-hybridized carbons (Fsp3) is 0.0667. The molecule has 3 rings (SSSR count). The van der Waals surface area contributed by atoms with E-state index in [9.17, 15) is 4.79 Å². The number of rotatable bonds is 3. The van der Waals surface area contributed by atoms with Gasteiger partial charge in [-0.25, -0.2) is 4.98 Å². The average molecular weight is 288 g/mol. The fourth-order valence-electron chi connectivity index (χ4n) is 1.94. The summed E-state index contributed by atoms with van der Waals surface area (Å²) >= 11 is 7.85. The van der Waals surface area contributed by atoms with Crippen LogP contribution in [0.3, 0.4) is 0 Å². The van der Waals surface area contributed by atoms with Crippen molar-refractivity contribution in [2.45, 2.75) is 6.42 Å². The molecule has 0 spiro atoms. The molecule has 0 saturated carbocycles.